The predicted molar refractivity (Wildman–Crippen MR) is 59.0 cm³/mol. The van der Waals surface area contributed by atoms with Crippen LogP contribution in [0.5, 0.6) is 5.75 Å². The Hall–Kier alpha value is -1.62. The maximum Gasteiger partial charge on any atom is 0.219 e. The van der Waals surface area contributed by atoms with Gasteiger partial charge in [0.15, 0.2) is 0 Å². The first-order valence-corrected chi connectivity index (χ1v) is 5.15. The molecule has 0 fully saturated rings. The molecule has 0 saturated carbocycles. The Bertz CT molecular complexity index is 325. The molecule has 1 heterocycles. The summed E-state index contributed by atoms with van der Waals surface area (Å²) in [5.41, 5.74) is 0.609. The molecule has 1 rings (SSSR count). The lowest BCUT2D eigenvalue weighted by Crippen LogP contribution is -2.18. The Balaban J connectivity index is 2.24. The highest BCUT2D eigenvalue weighted by molar-refractivity contribution is 5.75. The van der Waals surface area contributed by atoms with Gasteiger partial charge in [0.05, 0.1) is 25.1 Å². The third kappa shape index (κ3) is 4.27. The van der Waals surface area contributed by atoms with E-state index in [1.54, 1.807) is 25.4 Å². The van der Waals surface area contributed by atoms with Crippen LogP contribution in [0.2, 0.25) is 0 Å². The summed E-state index contributed by atoms with van der Waals surface area (Å²) in [5, 5.41) is 11.3. The highest BCUT2D eigenvalue weighted by Crippen LogP contribution is 2.09. The quantitative estimate of drug-likeness (QED) is 0.689. The Kier molecular flexibility index (Phi) is 5.28. The monoisotopic (exact) mass is 224 g/mol. The summed E-state index contributed by atoms with van der Waals surface area (Å²) in [4.78, 5) is 14.9. The van der Waals surface area contributed by atoms with Crippen molar-refractivity contribution in [3.63, 3.8) is 0 Å². The van der Waals surface area contributed by atoms with E-state index in [0.29, 0.717) is 30.9 Å². The number of pyridine rings is 1. The van der Waals surface area contributed by atoms with Gasteiger partial charge in [0.2, 0.25) is 5.91 Å². The van der Waals surface area contributed by atoms with Crippen molar-refractivity contribution in [2.75, 3.05) is 13.7 Å². The van der Waals surface area contributed by atoms with E-state index < -0.39 is 0 Å². The molecule has 0 radical (unpaired) electrons. The molecule has 0 bridgehead atoms. The van der Waals surface area contributed by atoms with Crippen molar-refractivity contribution in [1.82, 2.24) is 10.3 Å². The summed E-state index contributed by atoms with van der Waals surface area (Å²) < 4.78 is 5.38. The van der Waals surface area contributed by atoms with Crippen LogP contribution in [0, 0.1) is 0 Å². The molecule has 1 aromatic rings. The predicted octanol–water partition coefficient (Wildman–Crippen LogP) is 0.479. The average molecular weight is 224 g/mol. The first-order valence-electron chi connectivity index (χ1n) is 5.15. The summed E-state index contributed by atoms with van der Waals surface area (Å²) >= 11 is 0. The molecule has 1 aromatic heterocycles. The normalized spacial score (nSPS) is 9.88. The molecule has 0 saturated heterocycles. The molecule has 5 nitrogen and oxygen atoms in total. The lowest BCUT2D eigenvalue weighted by molar-refractivity contribution is -0.120. The van der Waals surface area contributed by atoms with Crippen molar-refractivity contribution in [3.05, 3.63) is 24.0 Å². The van der Waals surface area contributed by atoms with E-state index in [1.807, 2.05) is 0 Å². The Morgan fingerprint density at radius 2 is 2.38 bits per heavy atom. The number of amides is 1. The zero-order valence-electron chi connectivity index (χ0n) is 9.27. The molecule has 0 aliphatic heterocycles. The van der Waals surface area contributed by atoms with Gasteiger partial charge in [-0.05, 0) is 18.6 Å². The fourth-order valence-corrected chi connectivity index (χ4v) is 1.14. The molecular weight excluding hydrogens is 208 g/mol. The number of ether oxygens (including phenoxy) is 1. The number of aliphatic hydroxyl groups is 1. The lowest BCUT2D eigenvalue weighted by atomic mass is 10.3. The highest BCUT2D eigenvalue weighted by atomic mass is 16.5. The van der Waals surface area contributed by atoms with Crippen LogP contribution in [0.15, 0.2) is 18.3 Å². The fraction of sp³-hybridized carbons (Fsp3) is 0.455. The first kappa shape index (κ1) is 12.4. The van der Waals surface area contributed by atoms with Crippen LogP contribution >= 0.6 is 0 Å². The van der Waals surface area contributed by atoms with Gasteiger partial charge in [0.1, 0.15) is 5.75 Å². The van der Waals surface area contributed by atoms with Crippen molar-refractivity contribution in [2.24, 2.45) is 0 Å². The van der Waals surface area contributed by atoms with Gasteiger partial charge in [-0.15, -0.1) is 0 Å². The Morgan fingerprint density at radius 3 is 2.94 bits per heavy atom. The van der Waals surface area contributed by atoms with Crippen LogP contribution in [0.3, 0.4) is 0 Å². The summed E-state index contributed by atoms with van der Waals surface area (Å²) in [6.45, 7) is 0.407. The highest BCUT2D eigenvalue weighted by Gasteiger charge is 1.99. The van der Waals surface area contributed by atoms with Gasteiger partial charge < -0.3 is 15.2 Å². The number of hydrogen-bond acceptors (Lipinski definition) is 4. The van der Waals surface area contributed by atoms with E-state index in [0.717, 1.165) is 0 Å². The Morgan fingerprint density at radius 1 is 1.56 bits per heavy atom. The van der Waals surface area contributed by atoms with Crippen molar-refractivity contribution >= 4 is 5.91 Å². The van der Waals surface area contributed by atoms with Crippen molar-refractivity contribution < 1.29 is 14.6 Å². The summed E-state index contributed by atoms with van der Waals surface area (Å²) in [5.74, 6) is 0.659. The van der Waals surface area contributed by atoms with Gasteiger partial charge in [0.25, 0.3) is 0 Å². The van der Waals surface area contributed by atoms with Gasteiger partial charge in [0, 0.05) is 13.5 Å². The van der Waals surface area contributed by atoms with Gasteiger partial charge in [-0.2, -0.15) is 0 Å². The second-order valence-corrected chi connectivity index (χ2v) is 3.27. The molecule has 0 aliphatic rings. The van der Waals surface area contributed by atoms with Gasteiger partial charge >= 0.3 is 0 Å². The molecule has 0 unspecified atom stereocenters. The zero-order valence-corrected chi connectivity index (χ0v) is 9.27. The van der Waals surface area contributed by atoms with E-state index in [9.17, 15) is 4.79 Å². The van der Waals surface area contributed by atoms with Crippen molar-refractivity contribution in [1.29, 1.82) is 0 Å². The number of carbonyl (C=O) groups is 1. The van der Waals surface area contributed by atoms with Gasteiger partial charge in [-0.1, -0.05) is 0 Å². The van der Waals surface area contributed by atoms with E-state index in [4.69, 9.17) is 9.84 Å². The van der Waals surface area contributed by atoms with E-state index in [1.165, 1.54) is 0 Å². The number of aromatic nitrogens is 1. The topological polar surface area (TPSA) is 71.5 Å². The average Bonchev–Trinajstić information content (AvgIpc) is 2.35. The zero-order chi connectivity index (χ0) is 11.8. The van der Waals surface area contributed by atoms with Crippen molar-refractivity contribution in [2.45, 2.75) is 19.4 Å². The van der Waals surface area contributed by atoms with E-state index >= 15 is 0 Å². The van der Waals surface area contributed by atoms with E-state index in [-0.39, 0.29) is 12.5 Å². The van der Waals surface area contributed by atoms with Crippen LogP contribution in [-0.2, 0) is 11.4 Å². The first-order chi connectivity index (χ1) is 7.76. The minimum atomic E-state index is -0.0725. The van der Waals surface area contributed by atoms with Crippen LogP contribution in [0.1, 0.15) is 18.5 Å². The molecular formula is C11H16N2O3. The minimum Gasteiger partial charge on any atom is -0.492 e. The standard InChI is InChI=1S/C11H16N2O3/c1-12-11(15)3-2-6-16-10-5-4-9(8-14)13-7-10/h4-5,7,14H,2-3,6,8H2,1H3,(H,12,15). The second-order valence-electron chi connectivity index (χ2n) is 3.27. The maximum absolute atomic E-state index is 10.9. The largest absolute Gasteiger partial charge is 0.492 e. The number of hydrogen-bond donors (Lipinski definition) is 2. The molecule has 0 spiro atoms. The molecule has 0 atom stereocenters. The summed E-state index contributed by atoms with van der Waals surface area (Å²) in [6, 6.07) is 3.45. The summed E-state index contributed by atoms with van der Waals surface area (Å²) in [7, 11) is 1.61. The second kappa shape index (κ2) is 6.79. The number of nitrogens with zero attached hydrogens (tertiary/aromatic N) is 1. The molecule has 5 heteroatoms. The molecule has 0 aliphatic carbocycles. The smallest absolute Gasteiger partial charge is 0.219 e. The SMILES string of the molecule is CNC(=O)CCCOc1ccc(CO)nc1. The maximum atomic E-state index is 10.9. The molecule has 88 valence electrons. The number of carbonyl (C=O) groups excluding carboxylic acids is 1. The third-order valence-corrected chi connectivity index (χ3v) is 2.06. The fourth-order valence-electron chi connectivity index (χ4n) is 1.14. The van der Waals surface area contributed by atoms with Gasteiger partial charge in [-0.3, -0.25) is 9.78 Å². The Labute approximate surface area is 94.5 Å². The van der Waals surface area contributed by atoms with Crippen molar-refractivity contribution in [3.8, 4) is 5.75 Å². The number of rotatable bonds is 6. The number of nitrogens with one attached hydrogen (secondary N) is 1. The van der Waals surface area contributed by atoms with Crippen LogP contribution in [0.4, 0.5) is 0 Å². The minimum absolute atomic E-state index is 0.0114. The van der Waals surface area contributed by atoms with E-state index in [2.05, 4.69) is 10.3 Å². The van der Waals surface area contributed by atoms with Crippen LogP contribution < -0.4 is 10.1 Å². The third-order valence-electron chi connectivity index (χ3n) is 2.06. The van der Waals surface area contributed by atoms with Crippen LogP contribution in [-0.4, -0.2) is 29.7 Å². The lowest BCUT2D eigenvalue weighted by Gasteiger charge is -2.05. The number of aliphatic hydroxyl groups excluding tert-OH is 1. The summed E-state index contributed by atoms with van der Waals surface area (Å²) in [6.07, 6.45) is 2.69. The molecule has 2 N–H and O–H groups in total. The molecule has 1 amide bonds. The van der Waals surface area contributed by atoms with Crippen LogP contribution in [0.25, 0.3) is 0 Å². The molecule has 0 aromatic carbocycles. The van der Waals surface area contributed by atoms with Gasteiger partial charge in [-0.25, -0.2) is 0 Å². The molecule has 16 heavy (non-hydrogen) atoms.